The Labute approximate surface area is 124 Å². The Balaban J connectivity index is 1.82. The van der Waals surface area contributed by atoms with Crippen molar-refractivity contribution in [2.24, 2.45) is 0 Å². The van der Waals surface area contributed by atoms with Crippen LogP contribution in [-0.2, 0) is 0 Å². The average Bonchev–Trinajstić information content (AvgIpc) is 2.93. The van der Waals surface area contributed by atoms with Crippen LogP contribution in [0.2, 0.25) is 0 Å². The number of phenols is 3. The van der Waals surface area contributed by atoms with Crippen LogP contribution in [0.3, 0.4) is 0 Å². The maximum absolute atomic E-state index is 9.52. The number of aromatic hydroxyl groups is 3. The van der Waals surface area contributed by atoms with Crippen LogP contribution in [0.5, 0.6) is 17.2 Å². The predicted octanol–water partition coefficient (Wildman–Crippen LogP) is 3.67. The highest BCUT2D eigenvalue weighted by atomic mass is 32.1. The van der Waals surface area contributed by atoms with E-state index in [1.807, 2.05) is 5.38 Å². The zero-order chi connectivity index (χ0) is 14.8. The van der Waals surface area contributed by atoms with Gasteiger partial charge in [0.1, 0.15) is 5.75 Å². The molecule has 0 saturated heterocycles. The van der Waals surface area contributed by atoms with E-state index in [-0.39, 0.29) is 17.2 Å². The quantitative estimate of drug-likeness (QED) is 0.438. The normalized spacial score (nSPS) is 10.5. The van der Waals surface area contributed by atoms with Gasteiger partial charge in [-0.25, -0.2) is 4.98 Å². The van der Waals surface area contributed by atoms with Gasteiger partial charge in [-0.15, -0.1) is 11.3 Å². The molecule has 0 amide bonds. The van der Waals surface area contributed by atoms with Gasteiger partial charge >= 0.3 is 0 Å². The number of hydrogen-bond acceptors (Lipinski definition) is 6. The summed E-state index contributed by atoms with van der Waals surface area (Å²) in [5.74, 6) is -0.120. The third-order valence-electron chi connectivity index (χ3n) is 2.89. The largest absolute Gasteiger partial charge is 0.508 e. The number of rotatable bonds is 3. The van der Waals surface area contributed by atoms with Crippen molar-refractivity contribution in [1.82, 2.24) is 4.98 Å². The molecule has 0 aliphatic heterocycles. The van der Waals surface area contributed by atoms with Crippen LogP contribution in [-0.4, -0.2) is 20.3 Å². The van der Waals surface area contributed by atoms with E-state index < -0.39 is 0 Å². The molecule has 0 spiro atoms. The lowest BCUT2D eigenvalue weighted by atomic mass is 10.1. The Hall–Kier alpha value is -2.73. The Kier molecular flexibility index (Phi) is 3.37. The predicted molar refractivity (Wildman–Crippen MR) is 82.3 cm³/mol. The highest BCUT2D eigenvalue weighted by Gasteiger charge is 2.07. The van der Waals surface area contributed by atoms with E-state index >= 15 is 0 Å². The fraction of sp³-hybridized carbons (Fsp3) is 0. The van der Waals surface area contributed by atoms with Crippen LogP contribution in [0.15, 0.2) is 47.8 Å². The van der Waals surface area contributed by atoms with Crippen molar-refractivity contribution in [3.05, 3.63) is 47.8 Å². The van der Waals surface area contributed by atoms with Crippen LogP contribution in [0.1, 0.15) is 0 Å². The Morgan fingerprint density at radius 3 is 2.38 bits per heavy atom. The van der Waals surface area contributed by atoms with Crippen molar-refractivity contribution in [3.63, 3.8) is 0 Å². The lowest BCUT2D eigenvalue weighted by Gasteiger charge is -2.02. The summed E-state index contributed by atoms with van der Waals surface area (Å²) in [5, 5.41) is 33.8. The Bertz CT molecular complexity index is 769. The molecule has 6 heteroatoms. The van der Waals surface area contributed by atoms with Gasteiger partial charge in [-0.1, -0.05) is 0 Å². The third kappa shape index (κ3) is 2.90. The molecule has 3 aromatic rings. The number of thiazole rings is 1. The van der Waals surface area contributed by atoms with Gasteiger partial charge in [-0.2, -0.15) is 0 Å². The zero-order valence-electron chi connectivity index (χ0n) is 10.8. The molecule has 0 atom stereocenters. The first kappa shape index (κ1) is 13.3. The summed E-state index contributed by atoms with van der Waals surface area (Å²) < 4.78 is 0. The topological polar surface area (TPSA) is 85.6 Å². The molecule has 0 fully saturated rings. The number of hydrogen-bond donors (Lipinski definition) is 4. The van der Waals surface area contributed by atoms with Crippen molar-refractivity contribution >= 4 is 22.2 Å². The SMILES string of the molecule is Oc1ccc(Nc2nc(-c3ccc(O)c(O)c3)cs2)cc1. The minimum Gasteiger partial charge on any atom is -0.508 e. The summed E-state index contributed by atoms with van der Waals surface area (Å²) in [7, 11) is 0. The molecule has 0 unspecified atom stereocenters. The van der Waals surface area contributed by atoms with E-state index in [0.717, 1.165) is 11.3 Å². The van der Waals surface area contributed by atoms with Gasteiger partial charge < -0.3 is 20.6 Å². The lowest BCUT2D eigenvalue weighted by molar-refractivity contribution is 0.404. The number of anilines is 2. The molecule has 0 radical (unpaired) electrons. The van der Waals surface area contributed by atoms with E-state index in [4.69, 9.17) is 0 Å². The molecule has 3 rings (SSSR count). The molecule has 5 nitrogen and oxygen atoms in total. The van der Waals surface area contributed by atoms with Gasteiger partial charge in [0, 0.05) is 16.6 Å². The monoisotopic (exact) mass is 300 g/mol. The van der Waals surface area contributed by atoms with Gasteiger partial charge in [0.25, 0.3) is 0 Å². The zero-order valence-corrected chi connectivity index (χ0v) is 11.6. The maximum Gasteiger partial charge on any atom is 0.187 e. The number of aromatic nitrogens is 1. The van der Waals surface area contributed by atoms with Gasteiger partial charge in [-0.3, -0.25) is 0 Å². The lowest BCUT2D eigenvalue weighted by Crippen LogP contribution is -1.88. The molecular formula is C15H12N2O3S. The summed E-state index contributed by atoms with van der Waals surface area (Å²) >= 11 is 1.42. The fourth-order valence-corrected chi connectivity index (χ4v) is 2.55. The first-order valence-electron chi connectivity index (χ1n) is 6.16. The van der Waals surface area contributed by atoms with Crippen LogP contribution in [0.4, 0.5) is 10.8 Å². The molecule has 0 aliphatic rings. The van der Waals surface area contributed by atoms with Crippen molar-refractivity contribution < 1.29 is 15.3 Å². The van der Waals surface area contributed by atoms with E-state index in [1.54, 1.807) is 30.3 Å². The number of nitrogens with zero attached hydrogens (tertiary/aromatic N) is 1. The van der Waals surface area contributed by atoms with Crippen molar-refractivity contribution in [2.45, 2.75) is 0 Å². The summed E-state index contributed by atoms with van der Waals surface area (Å²) in [6.45, 7) is 0. The minimum absolute atomic E-state index is 0.156. The van der Waals surface area contributed by atoms with Crippen LogP contribution in [0, 0.1) is 0 Å². The summed E-state index contributed by atoms with van der Waals surface area (Å²) in [6, 6.07) is 11.3. The summed E-state index contributed by atoms with van der Waals surface area (Å²) in [4.78, 5) is 4.42. The fourth-order valence-electron chi connectivity index (χ4n) is 1.81. The van der Waals surface area contributed by atoms with E-state index in [2.05, 4.69) is 10.3 Å². The van der Waals surface area contributed by atoms with E-state index in [0.29, 0.717) is 10.8 Å². The van der Waals surface area contributed by atoms with Crippen molar-refractivity contribution in [1.29, 1.82) is 0 Å². The summed E-state index contributed by atoms with van der Waals surface area (Å²) in [5.41, 5.74) is 2.25. The molecule has 1 heterocycles. The van der Waals surface area contributed by atoms with E-state index in [1.165, 1.54) is 23.5 Å². The van der Waals surface area contributed by atoms with Crippen molar-refractivity contribution in [3.8, 4) is 28.5 Å². The van der Waals surface area contributed by atoms with E-state index in [9.17, 15) is 15.3 Å². The molecule has 0 saturated carbocycles. The second-order valence-electron chi connectivity index (χ2n) is 4.41. The highest BCUT2D eigenvalue weighted by Crippen LogP contribution is 2.32. The van der Waals surface area contributed by atoms with Crippen LogP contribution in [0.25, 0.3) is 11.3 Å². The van der Waals surface area contributed by atoms with Gasteiger partial charge in [-0.05, 0) is 42.5 Å². The molecule has 2 aromatic carbocycles. The Morgan fingerprint density at radius 1 is 0.905 bits per heavy atom. The Morgan fingerprint density at radius 2 is 1.67 bits per heavy atom. The first-order chi connectivity index (χ1) is 10.1. The minimum atomic E-state index is -0.173. The number of phenolic OH excluding ortho intramolecular Hbond substituents is 3. The molecule has 0 aliphatic carbocycles. The molecular weight excluding hydrogens is 288 g/mol. The van der Waals surface area contributed by atoms with Crippen LogP contribution >= 0.6 is 11.3 Å². The van der Waals surface area contributed by atoms with Gasteiger partial charge in [0.05, 0.1) is 5.69 Å². The molecule has 106 valence electrons. The molecule has 21 heavy (non-hydrogen) atoms. The highest BCUT2D eigenvalue weighted by molar-refractivity contribution is 7.14. The second-order valence-corrected chi connectivity index (χ2v) is 5.27. The number of nitrogens with one attached hydrogen (secondary N) is 1. The average molecular weight is 300 g/mol. The standard InChI is InChI=1S/C15H12N2O3S/c18-11-4-2-10(3-5-11)16-15-17-12(8-21-15)9-1-6-13(19)14(20)7-9/h1-8,18-20H,(H,16,17). The number of benzene rings is 2. The second kappa shape index (κ2) is 5.34. The first-order valence-corrected chi connectivity index (χ1v) is 7.04. The van der Waals surface area contributed by atoms with Gasteiger partial charge in [0.15, 0.2) is 16.6 Å². The maximum atomic E-state index is 9.52. The van der Waals surface area contributed by atoms with Crippen LogP contribution < -0.4 is 5.32 Å². The molecule has 1 aromatic heterocycles. The molecule has 0 bridgehead atoms. The smallest absolute Gasteiger partial charge is 0.187 e. The van der Waals surface area contributed by atoms with Crippen molar-refractivity contribution in [2.75, 3.05) is 5.32 Å². The third-order valence-corrected chi connectivity index (χ3v) is 3.65. The van der Waals surface area contributed by atoms with Gasteiger partial charge in [0.2, 0.25) is 0 Å². The summed E-state index contributed by atoms with van der Waals surface area (Å²) in [6.07, 6.45) is 0. The molecule has 4 N–H and O–H groups in total.